The topological polar surface area (TPSA) is 41.4 Å². The number of hydrogen-bond donors (Lipinski definition) is 0. The summed E-state index contributed by atoms with van der Waals surface area (Å²) in [6, 6.07) is 17.3. The van der Waals surface area contributed by atoms with Gasteiger partial charge in [0.2, 0.25) is 0 Å². The van der Waals surface area contributed by atoms with Crippen molar-refractivity contribution in [1.82, 2.24) is 19.4 Å². The minimum atomic E-state index is 0.154. The van der Waals surface area contributed by atoms with E-state index < -0.39 is 0 Å². The van der Waals surface area contributed by atoms with Crippen LogP contribution >= 0.6 is 0 Å². The molecule has 5 rings (SSSR count). The molecule has 0 spiro atoms. The molecule has 5 heteroatoms. The summed E-state index contributed by atoms with van der Waals surface area (Å²) in [6.07, 6.45) is 5.01. The summed E-state index contributed by atoms with van der Waals surface area (Å²) in [6.45, 7) is 7.26. The van der Waals surface area contributed by atoms with Gasteiger partial charge in [0.15, 0.2) is 0 Å². The Morgan fingerprint density at radius 2 is 1.80 bits per heavy atom. The molecule has 2 aromatic carbocycles. The molecule has 0 N–H and O–H groups in total. The molecule has 3 heterocycles. The fourth-order valence-corrected chi connectivity index (χ4v) is 5.27. The number of hydrogen-bond acceptors (Lipinski definition) is 3. The van der Waals surface area contributed by atoms with Gasteiger partial charge < -0.3 is 4.90 Å². The van der Waals surface area contributed by atoms with Crippen LogP contribution in [-0.2, 0) is 0 Å². The first-order valence-electron chi connectivity index (χ1n) is 11.2. The van der Waals surface area contributed by atoms with E-state index in [-0.39, 0.29) is 5.91 Å². The SMILES string of the molecule is Cc1nc2ccccc2n1-c1ccc(C(=O)N2CC[C@H](N3CCCCC3C)C2)cc1. The summed E-state index contributed by atoms with van der Waals surface area (Å²) < 4.78 is 2.15. The highest BCUT2D eigenvalue weighted by molar-refractivity contribution is 5.94. The monoisotopic (exact) mass is 402 g/mol. The Hall–Kier alpha value is -2.66. The molecule has 1 aromatic heterocycles. The van der Waals surface area contributed by atoms with Crippen LogP contribution in [0.5, 0.6) is 0 Å². The molecule has 2 atom stereocenters. The first-order valence-corrected chi connectivity index (χ1v) is 11.2. The Morgan fingerprint density at radius 1 is 1.00 bits per heavy atom. The van der Waals surface area contributed by atoms with Crippen LogP contribution in [0.2, 0.25) is 0 Å². The Kier molecular flexibility index (Phi) is 5.07. The standard InChI is InChI=1S/C25H30N4O/c1-18-7-5-6-15-28(18)22-14-16-27(17-22)25(30)20-10-12-21(13-11-20)29-19(2)26-23-8-3-4-9-24(23)29/h3-4,8-13,18,22H,5-7,14-17H2,1-2H3/t18?,22-/m0/s1. The van der Waals surface area contributed by atoms with E-state index in [1.807, 2.05) is 54.3 Å². The number of benzene rings is 2. The summed E-state index contributed by atoms with van der Waals surface area (Å²) in [4.78, 5) is 22.4. The third-order valence-electron chi connectivity index (χ3n) is 6.87. The minimum Gasteiger partial charge on any atom is -0.337 e. The van der Waals surface area contributed by atoms with Crippen molar-refractivity contribution >= 4 is 16.9 Å². The maximum absolute atomic E-state index is 13.1. The molecule has 1 amide bonds. The Labute approximate surface area is 178 Å². The third-order valence-corrected chi connectivity index (χ3v) is 6.87. The normalized spacial score (nSPS) is 22.7. The zero-order valence-corrected chi connectivity index (χ0v) is 17.9. The zero-order valence-electron chi connectivity index (χ0n) is 17.9. The number of imidazole rings is 1. The molecule has 0 saturated carbocycles. The number of carbonyl (C=O) groups excluding carboxylic acids is 1. The molecule has 2 fully saturated rings. The number of fused-ring (bicyclic) bond motifs is 1. The van der Waals surface area contributed by atoms with E-state index >= 15 is 0 Å². The molecule has 5 nitrogen and oxygen atoms in total. The van der Waals surface area contributed by atoms with Crippen LogP contribution in [0.1, 0.15) is 48.8 Å². The number of nitrogens with zero attached hydrogens (tertiary/aromatic N) is 4. The van der Waals surface area contributed by atoms with Gasteiger partial charge in [-0.15, -0.1) is 0 Å². The number of rotatable bonds is 3. The summed E-state index contributed by atoms with van der Waals surface area (Å²) in [7, 11) is 0. The number of aryl methyl sites for hydroxylation is 1. The van der Waals surface area contributed by atoms with Crippen LogP contribution in [0.4, 0.5) is 0 Å². The summed E-state index contributed by atoms with van der Waals surface area (Å²) in [5, 5.41) is 0. The molecule has 3 aromatic rings. The van der Waals surface area contributed by atoms with Gasteiger partial charge in [0.05, 0.1) is 11.0 Å². The summed E-state index contributed by atoms with van der Waals surface area (Å²) in [5.74, 6) is 1.11. The highest BCUT2D eigenvalue weighted by Gasteiger charge is 2.33. The van der Waals surface area contributed by atoms with Crippen LogP contribution in [0, 0.1) is 6.92 Å². The lowest BCUT2D eigenvalue weighted by atomic mass is 10.0. The van der Waals surface area contributed by atoms with Gasteiger partial charge in [0.1, 0.15) is 5.82 Å². The first kappa shape index (κ1) is 19.3. The number of aromatic nitrogens is 2. The molecule has 2 aliphatic heterocycles. The van der Waals surface area contributed by atoms with Gasteiger partial charge in [0.25, 0.3) is 5.91 Å². The fourth-order valence-electron chi connectivity index (χ4n) is 5.27. The van der Waals surface area contributed by atoms with Crippen molar-refractivity contribution in [2.24, 2.45) is 0 Å². The van der Waals surface area contributed by atoms with Crippen molar-refractivity contribution in [3.8, 4) is 5.69 Å². The quantitative estimate of drug-likeness (QED) is 0.651. The average molecular weight is 403 g/mol. The lowest BCUT2D eigenvalue weighted by Crippen LogP contribution is -2.46. The lowest BCUT2D eigenvalue weighted by Gasteiger charge is -2.37. The van der Waals surface area contributed by atoms with Crippen molar-refractivity contribution in [2.75, 3.05) is 19.6 Å². The maximum atomic E-state index is 13.1. The molecule has 30 heavy (non-hydrogen) atoms. The number of likely N-dealkylation sites (tertiary alicyclic amines) is 2. The number of carbonyl (C=O) groups is 1. The summed E-state index contributed by atoms with van der Waals surface area (Å²) in [5.41, 5.74) is 3.89. The third kappa shape index (κ3) is 3.41. The molecule has 156 valence electrons. The van der Waals surface area contributed by atoms with E-state index in [0.717, 1.165) is 47.6 Å². The van der Waals surface area contributed by atoms with E-state index in [1.165, 1.54) is 25.8 Å². The molecule has 0 radical (unpaired) electrons. The van der Waals surface area contributed by atoms with Crippen LogP contribution in [0.15, 0.2) is 48.5 Å². The van der Waals surface area contributed by atoms with Gasteiger partial charge >= 0.3 is 0 Å². The molecule has 0 bridgehead atoms. The number of amides is 1. The molecule has 0 aliphatic carbocycles. The van der Waals surface area contributed by atoms with Gasteiger partial charge in [-0.2, -0.15) is 0 Å². The van der Waals surface area contributed by atoms with E-state index in [4.69, 9.17) is 0 Å². The fraction of sp³-hybridized carbons (Fsp3) is 0.440. The smallest absolute Gasteiger partial charge is 0.253 e. The van der Waals surface area contributed by atoms with E-state index in [9.17, 15) is 4.79 Å². The van der Waals surface area contributed by atoms with Crippen molar-refractivity contribution in [2.45, 2.75) is 51.6 Å². The van der Waals surface area contributed by atoms with Gasteiger partial charge in [-0.3, -0.25) is 14.3 Å². The average Bonchev–Trinajstić information content (AvgIpc) is 3.38. The van der Waals surface area contributed by atoms with Crippen molar-refractivity contribution < 1.29 is 4.79 Å². The van der Waals surface area contributed by atoms with Gasteiger partial charge in [0, 0.05) is 36.4 Å². The molecular formula is C25H30N4O. The maximum Gasteiger partial charge on any atom is 0.253 e. The molecule has 2 saturated heterocycles. The van der Waals surface area contributed by atoms with E-state index in [1.54, 1.807) is 0 Å². The van der Waals surface area contributed by atoms with Crippen LogP contribution in [-0.4, -0.2) is 57.0 Å². The van der Waals surface area contributed by atoms with Crippen LogP contribution in [0.25, 0.3) is 16.7 Å². The second-order valence-corrected chi connectivity index (χ2v) is 8.81. The lowest BCUT2D eigenvalue weighted by molar-refractivity contribution is 0.0742. The van der Waals surface area contributed by atoms with Gasteiger partial charge in [-0.1, -0.05) is 18.6 Å². The Morgan fingerprint density at radius 3 is 2.60 bits per heavy atom. The van der Waals surface area contributed by atoms with Gasteiger partial charge in [-0.05, 0) is 76.1 Å². The highest BCUT2D eigenvalue weighted by atomic mass is 16.2. The Bertz CT molecular complexity index is 1050. The van der Waals surface area contributed by atoms with E-state index in [0.29, 0.717) is 12.1 Å². The van der Waals surface area contributed by atoms with E-state index in [2.05, 4.69) is 27.4 Å². The Balaban J connectivity index is 1.32. The summed E-state index contributed by atoms with van der Waals surface area (Å²) >= 11 is 0. The van der Waals surface area contributed by atoms with Crippen molar-refractivity contribution in [3.63, 3.8) is 0 Å². The van der Waals surface area contributed by atoms with Crippen molar-refractivity contribution in [3.05, 3.63) is 59.9 Å². The molecule has 2 aliphatic rings. The van der Waals surface area contributed by atoms with Crippen LogP contribution in [0.3, 0.4) is 0 Å². The van der Waals surface area contributed by atoms with Crippen LogP contribution < -0.4 is 0 Å². The minimum absolute atomic E-state index is 0.154. The predicted molar refractivity (Wildman–Crippen MR) is 120 cm³/mol. The van der Waals surface area contributed by atoms with Gasteiger partial charge in [-0.25, -0.2) is 4.98 Å². The number of para-hydroxylation sites is 2. The second-order valence-electron chi connectivity index (χ2n) is 8.81. The first-order chi connectivity index (χ1) is 14.6. The van der Waals surface area contributed by atoms with Crippen molar-refractivity contribution in [1.29, 1.82) is 0 Å². The molecular weight excluding hydrogens is 372 g/mol. The predicted octanol–water partition coefficient (Wildman–Crippen LogP) is 4.42. The zero-order chi connectivity index (χ0) is 20.7. The molecule has 1 unspecified atom stereocenters. The largest absolute Gasteiger partial charge is 0.337 e. The number of piperidine rings is 1. The second kappa shape index (κ2) is 7.88. The highest BCUT2D eigenvalue weighted by Crippen LogP contribution is 2.26.